The van der Waals surface area contributed by atoms with Gasteiger partial charge >= 0.3 is 0 Å². The molecule has 0 unspecified atom stereocenters. The quantitative estimate of drug-likeness (QED) is 0.270. The standard InChI is InChI=1S/C9H13N5OS2/c1-12-8(11)14(6-10)2-3-16-4-7-5-17-9(15)13-7/h5H,2-4H2,1H3,(H2,11,12)(H,13,15). The molecule has 0 aliphatic heterocycles. The van der Waals surface area contributed by atoms with Crippen molar-refractivity contribution in [2.45, 2.75) is 5.75 Å². The van der Waals surface area contributed by atoms with Crippen molar-refractivity contribution in [2.75, 3.05) is 19.3 Å². The van der Waals surface area contributed by atoms with E-state index >= 15 is 0 Å². The zero-order valence-electron chi connectivity index (χ0n) is 9.33. The van der Waals surface area contributed by atoms with E-state index < -0.39 is 0 Å². The molecule has 0 saturated carbocycles. The molecule has 0 amide bonds. The fraction of sp³-hybridized carbons (Fsp3) is 0.444. The number of hydrogen-bond donors (Lipinski definition) is 2. The average molecular weight is 271 g/mol. The zero-order chi connectivity index (χ0) is 12.7. The Morgan fingerprint density at radius 2 is 2.59 bits per heavy atom. The highest BCUT2D eigenvalue weighted by atomic mass is 32.2. The van der Waals surface area contributed by atoms with E-state index in [9.17, 15) is 0 Å². The second-order valence-corrected chi connectivity index (χ2v) is 4.95. The Balaban J connectivity index is 2.26. The summed E-state index contributed by atoms with van der Waals surface area (Å²) in [5.41, 5.74) is 6.37. The predicted octanol–water partition coefficient (Wildman–Crippen LogP) is 0.809. The van der Waals surface area contributed by atoms with Crippen LogP contribution in [0.4, 0.5) is 0 Å². The Kier molecular flexibility index (Phi) is 5.59. The predicted molar refractivity (Wildman–Crippen MR) is 69.8 cm³/mol. The van der Waals surface area contributed by atoms with Crippen LogP contribution in [0.15, 0.2) is 10.4 Å². The van der Waals surface area contributed by atoms with Crippen LogP contribution in [0.1, 0.15) is 5.69 Å². The maximum atomic E-state index is 9.06. The van der Waals surface area contributed by atoms with E-state index in [1.807, 2.05) is 11.6 Å². The van der Waals surface area contributed by atoms with Crippen LogP contribution in [0, 0.1) is 11.5 Å². The number of nitriles is 1. The molecule has 3 N–H and O–H groups in total. The molecule has 1 heterocycles. The SMILES string of the molecule is C/N=C(\N)N(C#N)CCSCc1csc(O)n1. The fourth-order valence-electron chi connectivity index (χ4n) is 1.03. The van der Waals surface area contributed by atoms with Gasteiger partial charge in [-0.1, -0.05) is 11.3 Å². The number of hydrogen-bond acceptors (Lipinski definition) is 6. The first-order valence-electron chi connectivity index (χ1n) is 4.78. The van der Waals surface area contributed by atoms with E-state index in [0.29, 0.717) is 12.3 Å². The van der Waals surface area contributed by atoms with Gasteiger partial charge < -0.3 is 10.8 Å². The summed E-state index contributed by atoms with van der Waals surface area (Å²) in [6.07, 6.45) is 1.97. The van der Waals surface area contributed by atoms with Gasteiger partial charge in [-0.2, -0.15) is 17.0 Å². The van der Waals surface area contributed by atoms with Crippen LogP contribution < -0.4 is 5.73 Å². The fourth-order valence-corrected chi connectivity index (χ4v) is 2.50. The van der Waals surface area contributed by atoms with Crippen molar-refractivity contribution in [3.05, 3.63) is 11.1 Å². The van der Waals surface area contributed by atoms with Crippen LogP contribution in [-0.4, -0.2) is 40.3 Å². The molecule has 6 nitrogen and oxygen atoms in total. The molecule has 8 heteroatoms. The monoisotopic (exact) mass is 271 g/mol. The summed E-state index contributed by atoms with van der Waals surface area (Å²) in [7, 11) is 1.55. The van der Waals surface area contributed by atoms with E-state index in [2.05, 4.69) is 9.98 Å². The third-order valence-corrected chi connectivity index (χ3v) is 3.54. The lowest BCUT2D eigenvalue weighted by Gasteiger charge is -2.12. The number of nitrogens with zero attached hydrogens (tertiary/aromatic N) is 4. The molecule has 17 heavy (non-hydrogen) atoms. The summed E-state index contributed by atoms with van der Waals surface area (Å²) >= 11 is 2.83. The molecule has 1 aromatic rings. The summed E-state index contributed by atoms with van der Waals surface area (Å²) in [5, 5.41) is 19.8. The maximum absolute atomic E-state index is 9.06. The third-order valence-electron chi connectivity index (χ3n) is 1.88. The van der Waals surface area contributed by atoms with Crippen molar-refractivity contribution in [2.24, 2.45) is 10.7 Å². The lowest BCUT2D eigenvalue weighted by Crippen LogP contribution is -2.34. The van der Waals surface area contributed by atoms with Crippen molar-refractivity contribution in [3.8, 4) is 11.4 Å². The average Bonchev–Trinajstić information content (AvgIpc) is 2.74. The van der Waals surface area contributed by atoms with Gasteiger partial charge in [0.25, 0.3) is 5.19 Å². The molecule has 0 spiro atoms. The molecular formula is C9H13N5OS2. The van der Waals surface area contributed by atoms with E-state index in [4.69, 9.17) is 16.1 Å². The highest BCUT2D eigenvalue weighted by Crippen LogP contribution is 2.19. The Morgan fingerprint density at radius 1 is 1.82 bits per heavy atom. The number of aromatic hydroxyl groups is 1. The van der Waals surface area contributed by atoms with Crippen LogP contribution in [0.2, 0.25) is 0 Å². The van der Waals surface area contributed by atoms with Gasteiger partial charge in [0.2, 0.25) is 5.96 Å². The summed E-state index contributed by atoms with van der Waals surface area (Å²) in [6, 6.07) is 0. The van der Waals surface area contributed by atoms with Gasteiger partial charge in [0.1, 0.15) is 0 Å². The molecule has 0 aliphatic rings. The van der Waals surface area contributed by atoms with Crippen LogP contribution in [-0.2, 0) is 5.75 Å². The highest BCUT2D eigenvalue weighted by molar-refractivity contribution is 7.98. The molecule has 0 bridgehead atoms. The van der Waals surface area contributed by atoms with Crippen LogP contribution in [0.5, 0.6) is 5.19 Å². The topological polar surface area (TPSA) is 98.5 Å². The minimum Gasteiger partial charge on any atom is -0.486 e. The first kappa shape index (κ1) is 13.6. The Bertz CT molecular complexity index is 425. The summed E-state index contributed by atoms with van der Waals surface area (Å²) in [6.45, 7) is 0.514. The minimum absolute atomic E-state index is 0.0848. The van der Waals surface area contributed by atoms with Gasteiger partial charge in [-0.05, 0) is 0 Å². The zero-order valence-corrected chi connectivity index (χ0v) is 11.0. The molecule has 92 valence electrons. The number of thioether (sulfide) groups is 1. The molecular weight excluding hydrogens is 258 g/mol. The maximum Gasteiger partial charge on any atom is 0.270 e. The number of rotatable bonds is 5. The number of guanidine groups is 1. The van der Waals surface area contributed by atoms with Gasteiger partial charge in [0, 0.05) is 30.5 Å². The highest BCUT2D eigenvalue weighted by Gasteiger charge is 2.06. The third kappa shape index (κ3) is 4.50. The van der Waals surface area contributed by atoms with E-state index in [1.54, 1.807) is 18.8 Å². The van der Waals surface area contributed by atoms with E-state index in [0.717, 1.165) is 11.4 Å². The first-order valence-corrected chi connectivity index (χ1v) is 6.81. The molecule has 0 saturated heterocycles. The Labute approximate surface area is 108 Å². The van der Waals surface area contributed by atoms with Crippen molar-refractivity contribution in [3.63, 3.8) is 0 Å². The number of nitrogens with two attached hydrogens (primary N) is 1. The molecule has 0 radical (unpaired) electrons. The lowest BCUT2D eigenvalue weighted by molar-refractivity contribution is 0.470. The molecule has 0 aliphatic carbocycles. The lowest BCUT2D eigenvalue weighted by atomic mass is 10.6. The van der Waals surface area contributed by atoms with Crippen LogP contribution >= 0.6 is 23.1 Å². The summed E-state index contributed by atoms with van der Waals surface area (Å²) in [5.74, 6) is 1.67. The van der Waals surface area contributed by atoms with Gasteiger partial charge in [0.05, 0.1) is 5.69 Å². The molecule has 1 aromatic heterocycles. The summed E-state index contributed by atoms with van der Waals surface area (Å²) in [4.78, 5) is 9.01. The second kappa shape index (κ2) is 6.98. The van der Waals surface area contributed by atoms with E-state index in [-0.39, 0.29) is 11.2 Å². The Morgan fingerprint density at radius 3 is 3.12 bits per heavy atom. The number of aromatic nitrogens is 1. The van der Waals surface area contributed by atoms with Crippen molar-refractivity contribution in [1.29, 1.82) is 5.26 Å². The number of thiazole rings is 1. The van der Waals surface area contributed by atoms with E-state index in [1.165, 1.54) is 16.2 Å². The van der Waals surface area contributed by atoms with Gasteiger partial charge in [-0.15, -0.1) is 0 Å². The molecule has 0 fully saturated rings. The minimum atomic E-state index is 0.0848. The molecule has 0 aromatic carbocycles. The van der Waals surface area contributed by atoms with Gasteiger partial charge in [0.15, 0.2) is 6.19 Å². The van der Waals surface area contributed by atoms with Gasteiger partial charge in [-0.25, -0.2) is 9.88 Å². The second-order valence-electron chi connectivity index (χ2n) is 3.01. The van der Waals surface area contributed by atoms with Crippen molar-refractivity contribution < 1.29 is 5.11 Å². The molecule has 1 rings (SSSR count). The smallest absolute Gasteiger partial charge is 0.270 e. The van der Waals surface area contributed by atoms with Gasteiger partial charge in [-0.3, -0.25) is 4.99 Å². The molecule has 0 atom stereocenters. The summed E-state index contributed by atoms with van der Waals surface area (Å²) < 4.78 is 0. The Hall–Kier alpha value is -1.46. The van der Waals surface area contributed by atoms with Crippen LogP contribution in [0.25, 0.3) is 0 Å². The largest absolute Gasteiger partial charge is 0.486 e. The first-order chi connectivity index (χ1) is 8.17. The van der Waals surface area contributed by atoms with Crippen molar-refractivity contribution >= 4 is 29.1 Å². The number of aliphatic imine (C=N–C) groups is 1. The van der Waals surface area contributed by atoms with Crippen LogP contribution in [0.3, 0.4) is 0 Å². The normalized spacial score (nSPS) is 11.2. The van der Waals surface area contributed by atoms with Crippen molar-refractivity contribution in [1.82, 2.24) is 9.88 Å².